The molecule has 0 spiro atoms. The monoisotopic (exact) mass is 379 g/mol. The lowest BCUT2D eigenvalue weighted by Gasteiger charge is -2.39. The molecule has 0 unspecified atom stereocenters. The highest BCUT2D eigenvalue weighted by Crippen LogP contribution is 2.39. The molecule has 2 atom stereocenters. The lowest BCUT2D eigenvalue weighted by atomic mass is 9.75. The minimum Gasteiger partial charge on any atom is -0.383 e. The lowest BCUT2D eigenvalue weighted by molar-refractivity contribution is -0.153. The molecule has 3 rings (SSSR count). The molecule has 148 valence electrons. The van der Waals surface area contributed by atoms with Crippen LogP contribution in [0.4, 0.5) is 0 Å². The van der Waals surface area contributed by atoms with Crippen LogP contribution in [-0.2, 0) is 15.0 Å². The van der Waals surface area contributed by atoms with E-state index in [-0.39, 0.29) is 18.4 Å². The van der Waals surface area contributed by atoms with Gasteiger partial charge >= 0.3 is 0 Å². The first kappa shape index (κ1) is 20.3. The van der Waals surface area contributed by atoms with Gasteiger partial charge in [0.1, 0.15) is 6.10 Å². The Kier molecular flexibility index (Phi) is 5.20. The lowest BCUT2D eigenvalue weighted by Crippen LogP contribution is -2.52. The second-order valence-electron chi connectivity index (χ2n) is 9.20. The van der Waals surface area contributed by atoms with E-state index in [0.29, 0.717) is 0 Å². The number of carbonyl (C=O) groups is 2. The van der Waals surface area contributed by atoms with Gasteiger partial charge in [-0.15, -0.1) is 0 Å². The molecule has 4 nitrogen and oxygen atoms in total. The summed E-state index contributed by atoms with van der Waals surface area (Å²) < 4.78 is 0. The van der Waals surface area contributed by atoms with Gasteiger partial charge in [0.25, 0.3) is 5.91 Å². The van der Waals surface area contributed by atoms with E-state index >= 15 is 0 Å². The summed E-state index contributed by atoms with van der Waals surface area (Å²) in [5.74, 6) is -0.730. The largest absolute Gasteiger partial charge is 0.383 e. The third kappa shape index (κ3) is 3.61. The molecular formula is C24H29NO3. The molecule has 2 aromatic rings. The topological polar surface area (TPSA) is 57.6 Å². The Morgan fingerprint density at radius 1 is 0.929 bits per heavy atom. The molecule has 2 amide bonds. The SMILES string of the molecule is CC(C)(C)C(=O)N1C(=O)[C@H](O)C[C@H]1C(C)(C)c1ccc(-c2ccccc2)cc1. The molecule has 1 saturated heterocycles. The van der Waals surface area contributed by atoms with Gasteiger partial charge in [-0.05, 0) is 16.7 Å². The predicted molar refractivity (Wildman–Crippen MR) is 111 cm³/mol. The average molecular weight is 380 g/mol. The zero-order chi connectivity index (χ0) is 20.7. The van der Waals surface area contributed by atoms with Crippen molar-refractivity contribution in [2.24, 2.45) is 5.41 Å². The highest BCUT2D eigenvalue weighted by molar-refractivity contribution is 6.01. The van der Waals surface area contributed by atoms with Crippen molar-refractivity contribution in [3.05, 3.63) is 60.2 Å². The molecule has 1 heterocycles. The molecule has 0 radical (unpaired) electrons. The normalized spacial score (nSPS) is 20.5. The van der Waals surface area contributed by atoms with Gasteiger partial charge < -0.3 is 5.11 Å². The Bertz CT molecular complexity index is 863. The van der Waals surface area contributed by atoms with E-state index in [9.17, 15) is 14.7 Å². The number of hydrogen-bond donors (Lipinski definition) is 1. The summed E-state index contributed by atoms with van der Waals surface area (Å²) in [6, 6.07) is 18.0. The van der Waals surface area contributed by atoms with E-state index in [1.54, 1.807) is 20.8 Å². The number of aliphatic hydroxyl groups is 1. The molecule has 1 aliphatic heterocycles. The highest BCUT2D eigenvalue weighted by Gasteiger charge is 2.51. The van der Waals surface area contributed by atoms with Crippen molar-refractivity contribution in [2.45, 2.75) is 58.6 Å². The number of likely N-dealkylation sites (tertiary alicyclic amines) is 1. The summed E-state index contributed by atoms with van der Waals surface area (Å²) in [7, 11) is 0. The van der Waals surface area contributed by atoms with Crippen LogP contribution in [0, 0.1) is 5.41 Å². The number of hydrogen-bond acceptors (Lipinski definition) is 3. The summed E-state index contributed by atoms with van der Waals surface area (Å²) in [6.07, 6.45) is -0.868. The number of benzene rings is 2. The molecular weight excluding hydrogens is 350 g/mol. The van der Waals surface area contributed by atoms with Crippen molar-refractivity contribution in [1.29, 1.82) is 0 Å². The maximum absolute atomic E-state index is 12.9. The fraction of sp³-hybridized carbons (Fsp3) is 0.417. The zero-order valence-electron chi connectivity index (χ0n) is 17.3. The van der Waals surface area contributed by atoms with Crippen molar-refractivity contribution in [3.8, 4) is 11.1 Å². The summed E-state index contributed by atoms with van der Waals surface area (Å²) >= 11 is 0. The molecule has 1 fully saturated rings. The van der Waals surface area contributed by atoms with E-state index in [0.717, 1.165) is 16.7 Å². The van der Waals surface area contributed by atoms with Crippen molar-refractivity contribution in [2.75, 3.05) is 0 Å². The Labute approximate surface area is 167 Å². The maximum atomic E-state index is 12.9. The molecule has 1 aliphatic rings. The first-order valence-electron chi connectivity index (χ1n) is 9.75. The van der Waals surface area contributed by atoms with Crippen LogP contribution in [0.25, 0.3) is 11.1 Å². The van der Waals surface area contributed by atoms with Crippen LogP contribution < -0.4 is 0 Å². The summed E-state index contributed by atoms with van der Waals surface area (Å²) in [5.41, 5.74) is 2.12. The van der Waals surface area contributed by atoms with Gasteiger partial charge in [-0.2, -0.15) is 0 Å². The summed E-state index contributed by atoms with van der Waals surface area (Å²) in [5, 5.41) is 10.2. The van der Waals surface area contributed by atoms with Crippen molar-refractivity contribution in [3.63, 3.8) is 0 Å². The van der Waals surface area contributed by atoms with E-state index < -0.39 is 22.8 Å². The Balaban J connectivity index is 1.94. The van der Waals surface area contributed by atoms with Gasteiger partial charge in [0.05, 0.1) is 6.04 Å². The van der Waals surface area contributed by atoms with Crippen molar-refractivity contribution >= 4 is 11.8 Å². The number of aliphatic hydroxyl groups excluding tert-OH is 1. The molecule has 0 saturated carbocycles. The van der Waals surface area contributed by atoms with Crippen LogP contribution in [0.2, 0.25) is 0 Å². The van der Waals surface area contributed by atoms with Gasteiger partial charge in [-0.3, -0.25) is 14.5 Å². The van der Waals surface area contributed by atoms with E-state index in [2.05, 4.69) is 36.4 Å². The maximum Gasteiger partial charge on any atom is 0.258 e. The Hall–Kier alpha value is -2.46. The first-order chi connectivity index (χ1) is 13.0. The van der Waals surface area contributed by atoms with Gasteiger partial charge in [-0.25, -0.2) is 0 Å². The third-order valence-electron chi connectivity index (χ3n) is 5.71. The summed E-state index contributed by atoms with van der Waals surface area (Å²) in [6.45, 7) is 9.46. The number of imide groups is 1. The smallest absolute Gasteiger partial charge is 0.258 e. The molecule has 0 bridgehead atoms. The van der Waals surface area contributed by atoms with Crippen LogP contribution in [0.5, 0.6) is 0 Å². The van der Waals surface area contributed by atoms with Gasteiger partial charge in [0, 0.05) is 17.3 Å². The van der Waals surface area contributed by atoms with Crippen LogP contribution in [0.3, 0.4) is 0 Å². The van der Waals surface area contributed by atoms with E-state index in [1.807, 2.05) is 32.0 Å². The van der Waals surface area contributed by atoms with Crippen molar-refractivity contribution < 1.29 is 14.7 Å². The fourth-order valence-corrected chi connectivity index (χ4v) is 3.87. The Morgan fingerprint density at radius 2 is 1.46 bits per heavy atom. The van der Waals surface area contributed by atoms with Crippen LogP contribution in [0.15, 0.2) is 54.6 Å². The Morgan fingerprint density at radius 3 is 2.00 bits per heavy atom. The van der Waals surface area contributed by atoms with E-state index in [4.69, 9.17) is 0 Å². The number of carbonyl (C=O) groups excluding carboxylic acids is 2. The highest BCUT2D eigenvalue weighted by atomic mass is 16.3. The van der Waals surface area contributed by atoms with Gasteiger partial charge in [-0.1, -0.05) is 89.2 Å². The molecule has 1 N–H and O–H groups in total. The molecule has 0 aliphatic carbocycles. The molecule has 28 heavy (non-hydrogen) atoms. The quantitative estimate of drug-likeness (QED) is 0.871. The van der Waals surface area contributed by atoms with Crippen LogP contribution >= 0.6 is 0 Å². The minimum atomic E-state index is -1.13. The fourth-order valence-electron chi connectivity index (χ4n) is 3.87. The van der Waals surface area contributed by atoms with Gasteiger partial charge in [0.15, 0.2) is 0 Å². The molecule has 4 heteroatoms. The van der Waals surface area contributed by atoms with E-state index in [1.165, 1.54) is 4.90 Å². The molecule has 2 aromatic carbocycles. The second-order valence-corrected chi connectivity index (χ2v) is 9.20. The zero-order valence-corrected chi connectivity index (χ0v) is 17.3. The van der Waals surface area contributed by atoms with Gasteiger partial charge in [0.2, 0.25) is 5.91 Å². The molecule has 0 aromatic heterocycles. The average Bonchev–Trinajstić information content (AvgIpc) is 2.96. The minimum absolute atomic E-state index is 0.243. The predicted octanol–water partition coefficient (Wildman–Crippen LogP) is 4.17. The van der Waals surface area contributed by atoms with Crippen LogP contribution in [-0.4, -0.2) is 34.0 Å². The first-order valence-corrected chi connectivity index (χ1v) is 9.75. The van der Waals surface area contributed by atoms with Crippen LogP contribution in [0.1, 0.15) is 46.6 Å². The van der Waals surface area contributed by atoms with Crippen molar-refractivity contribution in [1.82, 2.24) is 4.90 Å². The second kappa shape index (κ2) is 7.17. The number of rotatable bonds is 3. The standard InChI is InChI=1S/C24H29NO3/c1-23(2,3)22(28)25-20(15-19(26)21(25)27)24(4,5)18-13-11-17(12-14-18)16-9-7-6-8-10-16/h6-14,19-20,26H,15H2,1-5H3/t19-,20+/m1/s1. The third-order valence-corrected chi connectivity index (χ3v) is 5.71. The number of nitrogens with zero attached hydrogens (tertiary/aromatic N) is 1. The summed E-state index contributed by atoms with van der Waals surface area (Å²) in [4.78, 5) is 26.8. The number of amides is 2.